The summed E-state index contributed by atoms with van der Waals surface area (Å²) in [5.74, 6) is -0.422. The van der Waals surface area contributed by atoms with Gasteiger partial charge in [0, 0.05) is 6.07 Å². The van der Waals surface area contributed by atoms with Crippen molar-refractivity contribution in [2.24, 2.45) is 0 Å². The van der Waals surface area contributed by atoms with Crippen molar-refractivity contribution in [2.75, 3.05) is 18.6 Å². The normalized spacial score (nSPS) is 12.8. The first-order chi connectivity index (χ1) is 12.4. The number of hydrogen-bond donors (Lipinski definition) is 3. The van der Waals surface area contributed by atoms with Crippen molar-refractivity contribution in [3.05, 3.63) is 42.0 Å². The molecule has 0 fully saturated rings. The SMILES string of the molecule is CC[C@@H](Sc1nc(N)cc(N)n1)C(=O)N[C@@H](C(=O)OC)c1ccccc1. The fourth-order valence-electron chi connectivity index (χ4n) is 2.24. The Morgan fingerprint density at radius 2 is 1.81 bits per heavy atom. The molecule has 1 amide bonds. The first-order valence-corrected chi connectivity index (χ1v) is 8.82. The van der Waals surface area contributed by atoms with Gasteiger partial charge in [0.05, 0.1) is 12.4 Å². The van der Waals surface area contributed by atoms with Gasteiger partial charge >= 0.3 is 5.97 Å². The third-order valence-corrected chi connectivity index (χ3v) is 4.74. The minimum atomic E-state index is -0.893. The summed E-state index contributed by atoms with van der Waals surface area (Å²) in [5.41, 5.74) is 12.0. The minimum Gasteiger partial charge on any atom is -0.467 e. The molecule has 9 heteroatoms. The number of nitrogen functional groups attached to an aromatic ring is 2. The molecule has 0 bridgehead atoms. The largest absolute Gasteiger partial charge is 0.467 e. The molecule has 138 valence electrons. The van der Waals surface area contributed by atoms with Gasteiger partial charge < -0.3 is 21.5 Å². The van der Waals surface area contributed by atoms with E-state index in [1.165, 1.54) is 13.2 Å². The summed E-state index contributed by atoms with van der Waals surface area (Å²) in [6.07, 6.45) is 0.497. The predicted molar refractivity (Wildman–Crippen MR) is 100 cm³/mol. The maximum atomic E-state index is 12.7. The quantitative estimate of drug-likeness (QED) is 0.377. The van der Waals surface area contributed by atoms with Crippen LogP contribution in [-0.2, 0) is 14.3 Å². The zero-order valence-corrected chi connectivity index (χ0v) is 15.3. The number of thioether (sulfide) groups is 1. The number of anilines is 2. The molecule has 0 spiro atoms. The van der Waals surface area contributed by atoms with Crippen LogP contribution in [0.25, 0.3) is 0 Å². The van der Waals surface area contributed by atoms with E-state index in [9.17, 15) is 9.59 Å². The zero-order chi connectivity index (χ0) is 19.1. The van der Waals surface area contributed by atoms with Crippen LogP contribution >= 0.6 is 11.8 Å². The highest BCUT2D eigenvalue weighted by molar-refractivity contribution is 8.00. The highest BCUT2D eigenvalue weighted by Crippen LogP contribution is 2.25. The van der Waals surface area contributed by atoms with E-state index in [1.807, 2.05) is 13.0 Å². The summed E-state index contributed by atoms with van der Waals surface area (Å²) in [6.45, 7) is 1.85. The van der Waals surface area contributed by atoms with Crippen molar-refractivity contribution in [2.45, 2.75) is 29.8 Å². The Balaban J connectivity index is 2.16. The van der Waals surface area contributed by atoms with E-state index in [1.54, 1.807) is 24.3 Å². The molecule has 2 atom stereocenters. The number of ether oxygens (including phenoxy) is 1. The topological polar surface area (TPSA) is 133 Å². The molecule has 0 aliphatic heterocycles. The van der Waals surface area contributed by atoms with Crippen LogP contribution in [0.3, 0.4) is 0 Å². The molecule has 0 unspecified atom stereocenters. The maximum Gasteiger partial charge on any atom is 0.333 e. The van der Waals surface area contributed by atoms with Crippen molar-refractivity contribution in [1.82, 2.24) is 15.3 Å². The number of carbonyl (C=O) groups is 2. The Kier molecular flexibility index (Phi) is 6.79. The van der Waals surface area contributed by atoms with Crippen LogP contribution in [-0.4, -0.2) is 34.2 Å². The number of nitrogens with one attached hydrogen (secondary N) is 1. The molecule has 0 saturated heterocycles. The number of amides is 1. The molecule has 1 aromatic heterocycles. The minimum absolute atomic E-state index is 0.229. The third kappa shape index (κ3) is 5.09. The number of carbonyl (C=O) groups excluding carboxylic acids is 2. The number of esters is 1. The molecule has 0 radical (unpaired) electrons. The van der Waals surface area contributed by atoms with Gasteiger partial charge in [0.2, 0.25) is 5.91 Å². The second-order valence-corrected chi connectivity index (χ2v) is 6.56. The fourth-order valence-corrected chi connectivity index (χ4v) is 3.15. The van der Waals surface area contributed by atoms with Crippen LogP contribution < -0.4 is 16.8 Å². The molecule has 2 rings (SSSR count). The van der Waals surface area contributed by atoms with Gasteiger partial charge in [-0.05, 0) is 12.0 Å². The van der Waals surface area contributed by atoms with Crippen LogP contribution in [0.1, 0.15) is 24.9 Å². The molecular weight excluding hydrogens is 354 g/mol. The first-order valence-electron chi connectivity index (χ1n) is 7.94. The number of methoxy groups -OCH3 is 1. The summed E-state index contributed by atoms with van der Waals surface area (Å²) < 4.78 is 4.81. The Hall–Kier alpha value is -2.81. The highest BCUT2D eigenvalue weighted by atomic mass is 32.2. The number of hydrogen-bond acceptors (Lipinski definition) is 8. The molecule has 0 saturated carbocycles. The first kappa shape index (κ1) is 19.5. The van der Waals surface area contributed by atoms with E-state index >= 15 is 0 Å². The zero-order valence-electron chi connectivity index (χ0n) is 14.5. The number of rotatable bonds is 7. The Morgan fingerprint density at radius 3 is 2.35 bits per heavy atom. The molecule has 1 aromatic carbocycles. The molecule has 0 aliphatic carbocycles. The Morgan fingerprint density at radius 1 is 1.19 bits per heavy atom. The van der Waals surface area contributed by atoms with E-state index in [0.29, 0.717) is 17.1 Å². The van der Waals surface area contributed by atoms with Crippen molar-refractivity contribution in [3.8, 4) is 0 Å². The van der Waals surface area contributed by atoms with E-state index in [-0.39, 0.29) is 17.5 Å². The number of nitrogens with two attached hydrogens (primary N) is 2. The average Bonchev–Trinajstić information content (AvgIpc) is 2.63. The van der Waals surface area contributed by atoms with Crippen LogP contribution in [0.4, 0.5) is 11.6 Å². The lowest BCUT2D eigenvalue weighted by Gasteiger charge is -2.20. The second-order valence-electron chi connectivity index (χ2n) is 5.39. The summed E-state index contributed by atoms with van der Waals surface area (Å²) in [4.78, 5) is 32.9. The van der Waals surface area contributed by atoms with Crippen molar-refractivity contribution < 1.29 is 14.3 Å². The lowest BCUT2D eigenvalue weighted by atomic mass is 10.1. The monoisotopic (exact) mass is 375 g/mol. The van der Waals surface area contributed by atoms with Crippen molar-refractivity contribution in [3.63, 3.8) is 0 Å². The Labute approximate surface area is 155 Å². The van der Waals surface area contributed by atoms with E-state index in [0.717, 1.165) is 11.8 Å². The lowest BCUT2D eigenvalue weighted by molar-refractivity contribution is -0.145. The summed E-state index contributed by atoms with van der Waals surface area (Å²) >= 11 is 1.14. The fraction of sp³-hybridized carbons (Fsp3) is 0.294. The molecule has 0 aliphatic rings. The number of nitrogens with zero attached hydrogens (tertiary/aromatic N) is 2. The van der Waals surface area contributed by atoms with Gasteiger partial charge in [0.1, 0.15) is 11.6 Å². The third-order valence-electron chi connectivity index (χ3n) is 3.51. The van der Waals surface area contributed by atoms with E-state index in [4.69, 9.17) is 16.2 Å². The molecule has 26 heavy (non-hydrogen) atoms. The molecular formula is C17H21N5O3S. The van der Waals surface area contributed by atoms with Crippen LogP contribution in [0.5, 0.6) is 0 Å². The highest BCUT2D eigenvalue weighted by Gasteiger charge is 2.28. The van der Waals surface area contributed by atoms with Gasteiger partial charge in [0.15, 0.2) is 11.2 Å². The van der Waals surface area contributed by atoms with Crippen molar-refractivity contribution in [1.29, 1.82) is 0 Å². The van der Waals surface area contributed by atoms with E-state index < -0.39 is 17.3 Å². The van der Waals surface area contributed by atoms with Gasteiger partial charge in [-0.3, -0.25) is 4.79 Å². The van der Waals surface area contributed by atoms with E-state index in [2.05, 4.69) is 15.3 Å². The van der Waals surface area contributed by atoms with Crippen molar-refractivity contribution >= 4 is 35.3 Å². The predicted octanol–water partition coefficient (Wildman–Crippen LogP) is 1.54. The van der Waals surface area contributed by atoms with Gasteiger partial charge in [0.25, 0.3) is 0 Å². The molecule has 5 N–H and O–H groups in total. The molecule has 8 nitrogen and oxygen atoms in total. The lowest BCUT2D eigenvalue weighted by Crippen LogP contribution is -2.39. The van der Waals surface area contributed by atoms with Gasteiger partial charge in [-0.25, -0.2) is 14.8 Å². The van der Waals surface area contributed by atoms with Gasteiger partial charge in [-0.2, -0.15) is 0 Å². The number of aromatic nitrogens is 2. The second kappa shape index (κ2) is 9.04. The Bertz CT molecular complexity index is 752. The van der Waals surface area contributed by atoms with Crippen LogP contribution in [0, 0.1) is 0 Å². The summed E-state index contributed by atoms with van der Waals surface area (Å²) in [7, 11) is 1.28. The summed E-state index contributed by atoms with van der Waals surface area (Å²) in [5, 5.41) is 2.52. The van der Waals surface area contributed by atoms with Crippen LogP contribution in [0.15, 0.2) is 41.6 Å². The molecule has 1 heterocycles. The van der Waals surface area contributed by atoms with Crippen LogP contribution in [0.2, 0.25) is 0 Å². The van der Waals surface area contributed by atoms with Gasteiger partial charge in [-0.1, -0.05) is 49.0 Å². The smallest absolute Gasteiger partial charge is 0.333 e. The standard InChI is InChI=1S/C17H21N5O3S/c1-3-11(26-17-20-12(18)9-13(19)21-17)15(23)22-14(16(24)25-2)10-7-5-4-6-8-10/h4-9,11,14H,3H2,1-2H3,(H,22,23)(H4,18,19,20,21)/t11-,14-/m1/s1. The average molecular weight is 375 g/mol. The maximum absolute atomic E-state index is 12.7. The van der Waals surface area contributed by atoms with Gasteiger partial charge in [-0.15, -0.1) is 0 Å². The number of benzene rings is 1. The molecule has 2 aromatic rings. The summed E-state index contributed by atoms with van der Waals surface area (Å²) in [6, 6.07) is 9.43.